The molecule has 0 aromatic carbocycles. The zero-order chi connectivity index (χ0) is 15.4. The second kappa shape index (κ2) is 7.00. The van der Waals surface area contributed by atoms with Gasteiger partial charge in [0, 0.05) is 16.6 Å². The van der Waals surface area contributed by atoms with Crippen LogP contribution in [0.1, 0.15) is 29.5 Å². The number of rotatable bonds is 6. The van der Waals surface area contributed by atoms with E-state index in [2.05, 4.69) is 11.9 Å². The molecule has 0 radical (unpaired) electrons. The summed E-state index contributed by atoms with van der Waals surface area (Å²) in [4.78, 5) is 16.1. The molecule has 0 spiro atoms. The van der Waals surface area contributed by atoms with E-state index in [1.165, 1.54) is 0 Å². The van der Waals surface area contributed by atoms with Crippen LogP contribution < -0.4 is 0 Å². The fourth-order valence-electron chi connectivity index (χ4n) is 2.43. The van der Waals surface area contributed by atoms with Gasteiger partial charge in [-0.2, -0.15) is 0 Å². The van der Waals surface area contributed by atoms with Crippen molar-refractivity contribution in [2.75, 3.05) is 0 Å². The maximum atomic E-state index is 11.2. The third kappa shape index (κ3) is 3.80. The average molecular weight is 325 g/mol. The molecule has 0 unspecified atom stereocenters. The van der Waals surface area contributed by atoms with Gasteiger partial charge in [0.05, 0.1) is 9.95 Å². The van der Waals surface area contributed by atoms with Gasteiger partial charge in [-0.25, -0.2) is 0 Å². The summed E-state index contributed by atoms with van der Waals surface area (Å²) in [6.07, 6.45) is 4.12. The van der Waals surface area contributed by atoms with Crippen molar-refractivity contribution in [3.8, 4) is 0 Å². The largest absolute Gasteiger partial charge is 0.293 e. The topological polar surface area (TPSA) is 56.0 Å². The number of nitrogens with zero attached hydrogens (tertiary/aromatic N) is 2. The molecule has 112 valence electrons. The van der Waals surface area contributed by atoms with Crippen LogP contribution in [0.4, 0.5) is 5.69 Å². The number of thiophene rings is 1. The third-order valence-electron chi connectivity index (χ3n) is 3.62. The number of hydrogen-bond acceptors (Lipinski definition) is 4. The van der Waals surface area contributed by atoms with Crippen molar-refractivity contribution in [1.29, 1.82) is 0 Å². The van der Waals surface area contributed by atoms with Gasteiger partial charge in [0.25, 0.3) is 5.69 Å². The van der Waals surface area contributed by atoms with Crippen molar-refractivity contribution in [1.82, 2.24) is 4.98 Å². The van der Waals surface area contributed by atoms with E-state index < -0.39 is 0 Å². The van der Waals surface area contributed by atoms with Gasteiger partial charge < -0.3 is 0 Å². The quantitative estimate of drug-likeness (QED) is 0.565. The lowest BCUT2D eigenvalue weighted by Gasteiger charge is -2.14. The summed E-state index contributed by atoms with van der Waals surface area (Å²) in [6.45, 7) is 3.78. The Morgan fingerprint density at radius 3 is 2.76 bits per heavy atom. The summed E-state index contributed by atoms with van der Waals surface area (Å²) < 4.78 is 0. The molecule has 0 N–H and O–H groups in total. The van der Waals surface area contributed by atoms with Gasteiger partial charge in [-0.05, 0) is 43.2 Å². The minimum atomic E-state index is -0.331. The highest BCUT2D eigenvalue weighted by molar-refractivity contribution is 7.10. The molecule has 21 heavy (non-hydrogen) atoms. The summed E-state index contributed by atoms with van der Waals surface area (Å²) in [5.41, 5.74) is 1.38. The average Bonchev–Trinajstić information content (AvgIpc) is 2.83. The maximum Gasteiger partial charge on any atom is 0.293 e. The lowest BCUT2D eigenvalue weighted by atomic mass is 9.92. The Morgan fingerprint density at radius 2 is 2.19 bits per heavy atom. The molecular weight excluding hydrogens is 308 g/mol. The Balaban J connectivity index is 2.21. The molecule has 0 amide bonds. The third-order valence-corrected chi connectivity index (χ3v) is 5.03. The van der Waals surface area contributed by atoms with Crippen molar-refractivity contribution in [3.05, 3.63) is 55.0 Å². The first-order chi connectivity index (χ1) is 10.0. The van der Waals surface area contributed by atoms with Crippen molar-refractivity contribution in [3.63, 3.8) is 0 Å². The van der Waals surface area contributed by atoms with Crippen LogP contribution in [-0.2, 0) is 12.8 Å². The molecule has 0 aliphatic rings. The van der Waals surface area contributed by atoms with Gasteiger partial charge >= 0.3 is 0 Å². The molecular formula is C15H17ClN2O2S. The van der Waals surface area contributed by atoms with Gasteiger partial charge in [-0.3, -0.25) is 15.1 Å². The fourth-order valence-corrected chi connectivity index (χ4v) is 3.66. The van der Waals surface area contributed by atoms with Crippen molar-refractivity contribution in [2.45, 2.75) is 33.1 Å². The molecule has 4 nitrogen and oxygen atoms in total. The lowest BCUT2D eigenvalue weighted by Crippen LogP contribution is -2.09. The van der Waals surface area contributed by atoms with Gasteiger partial charge in [0.1, 0.15) is 5.69 Å². The molecule has 0 aliphatic heterocycles. The maximum absolute atomic E-state index is 11.2. The van der Waals surface area contributed by atoms with Crippen molar-refractivity contribution >= 4 is 28.6 Å². The Labute approximate surface area is 132 Å². The molecule has 0 aliphatic carbocycles. The molecule has 2 aromatic rings. The summed E-state index contributed by atoms with van der Waals surface area (Å²) in [5, 5.41) is 14.0. The number of aromatic nitrogens is 1. The fraction of sp³-hybridized carbons (Fsp3) is 0.400. The monoisotopic (exact) mass is 324 g/mol. The van der Waals surface area contributed by atoms with Gasteiger partial charge in [0.15, 0.2) is 0 Å². The normalized spacial score (nSPS) is 12.3. The first kappa shape index (κ1) is 15.9. The van der Waals surface area contributed by atoms with Crippen LogP contribution in [0.2, 0.25) is 5.02 Å². The molecule has 0 fully saturated rings. The number of hydrogen-bond donors (Lipinski definition) is 0. The van der Waals surface area contributed by atoms with Crippen LogP contribution in [0.25, 0.3) is 0 Å². The molecule has 6 heteroatoms. The Bertz CT molecular complexity index is 642. The van der Waals surface area contributed by atoms with E-state index in [4.69, 9.17) is 11.6 Å². The molecule has 2 heterocycles. The highest BCUT2D eigenvalue weighted by Gasteiger charge is 2.21. The van der Waals surface area contributed by atoms with Gasteiger partial charge in [0.2, 0.25) is 0 Å². The SMILES string of the molecule is CC[C@@H](Cc1ccnc(C)c1[N+](=O)[O-])Cc1sccc1Cl. The smallest absolute Gasteiger partial charge is 0.258 e. The minimum Gasteiger partial charge on any atom is -0.258 e. The summed E-state index contributed by atoms with van der Waals surface area (Å²) in [7, 11) is 0. The first-order valence-electron chi connectivity index (χ1n) is 6.83. The Hall–Kier alpha value is -1.46. The first-order valence-corrected chi connectivity index (χ1v) is 8.09. The lowest BCUT2D eigenvalue weighted by molar-refractivity contribution is -0.386. The van der Waals surface area contributed by atoms with Crippen LogP contribution in [0, 0.1) is 23.0 Å². The number of halogens is 1. The number of aryl methyl sites for hydroxylation is 1. The molecule has 0 bridgehead atoms. The van der Waals surface area contributed by atoms with Crippen LogP contribution >= 0.6 is 22.9 Å². The van der Waals surface area contributed by atoms with Crippen molar-refractivity contribution in [2.24, 2.45) is 5.92 Å². The van der Waals surface area contributed by atoms with Gasteiger partial charge in [-0.15, -0.1) is 11.3 Å². The molecule has 2 aromatic heterocycles. The number of pyridine rings is 1. The van der Waals surface area contributed by atoms with E-state index in [9.17, 15) is 10.1 Å². The highest BCUT2D eigenvalue weighted by atomic mass is 35.5. The predicted molar refractivity (Wildman–Crippen MR) is 86.1 cm³/mol. The summed E-state index contributed by atoms with van der Waals surface area (Å²) in [5.74, 6) is 0.335. The summed E-state index contributed by atoms with van der Waals surface area (Å²) in [6, 6.07) is 3.65. The van der Waals surface area contributed by atoms with Gasteiger partial charge in [-0.1, -0.05) is 24.9 Å². The molecule has 1 atom stereocenters. The Morgan fingerprint density at radius 1 is 1.43 bits per heavy atom. The zero-order valence-electron chi connectivity index (χ0n) is 12.0. The second-order valence-corrected chi connectivity index (χ2v) is 6.44. The van der Waals surface area contributed by atoms with E-state index in [0.29, 0.717) is 18.0 Å². The van der Waals surface area contributed by atoms with Crippen LogP contribution in [-0.4, -0.2) is 9.91 Å². The number of nitro groups is 1. The molecule has 0 saturated heterocycles. The zero-order valence-corrected chi connectivity index (χ0v) is 13.6. The minimum absolute atomic E-state index is 0.147. The highest BCUT2D eigenvalue weighted by Crippen LogP contribution is 2.30. The van der Waals surface area contributed by atoms with Crippen molar-refractivity contribution < 1.29 is 4.92 Å². The van der Waals surface area contributed by atoms with E-state index in [1.807, 2.05) is 11.4 Å². The molecule has 0 saturated carbocycles. The van der Waals surface area contributed by atoms with E-state index in [1.54, 1.807) is 30.5 Å². The van der Waals surface area contributed by atoms with Crippen LogP contribution in [0.5, 0.6) is 0 Å². The summed E-state index contributed by atoms with van der Waals surface area (Å²) >= 11 is 7.78. The second-order valence-electron chi connectivity index (χ2n) is 5.04. The van der Waals surface area contributed by atoms with E-state index >= 15 is 0 Å². The van der Waals surface area contributed by atoms with E-state index in [-0.39, 0.29) is 10.6 Å². The van der Waals surface area contributed by atoms with Crippen LogP contribution in [0.15, 0.2) is 23.7 Å². The standard InChI is InChI=1S/C15H17ClN2O2S/c1-3-11(9-14-13(16)5-7-21-14)8-12-4-6-17-10(2)15(12)18(19)20/h4-7,11H,3,8-9H2,1-2H3/t11-/m0/s1. The Kier molecular flexibility index (Phi) is 5.31. The molecule has 2 rings (SSSR count). The van der Waals surface area contributed by atoms with Crippen LogP contribution in [0.3, 0.4) is 0 Å². The van der Waals surface area contributed by atoms with E-state index in [0.717, 1.165) is 28.3 Å². The predicted octanol–water partition coefficient (Wildman–Crippen LogP) is 4.82.